The van der Waals surface area contributed by atoms with Crippen LogP contribution in [0.25, 0.3) is 0 Å². The molecule has 0 saturated heterocycles. The van der Waals surface area contributed by atoms with Gasteiger partial charge in [-0.1, -0.05) is 48.5 Å². The first-order valence-electron chi connectivity index (χ1n) is 18.6. The number of hydrogen-bond acceptors (Lipinski definition) is 17. The summed E-state index contributed by atoms with van der Waals surface area (Å²) < 4.78 is 0. The minimum absolute atomic E-state index is 0. The number of carboxylic acid groups (broad SMARTS) is 3. The van der Waals surface area contributed by atoms with Crippen molar-refractivity contribution in [2.45, 2.75) is 25.9 Å². The SMILES string of the molecule is CN(CCCNC(=O)CN(CCN(CCN(CC(=O)[O-])CC(=O)NCCCN(C)Cc1ccccc1B(O)O)CC(=O)[O-])CC(=O)[O-])Cc1ccccc1B(O)O.[Gd+3]. The van der Waals surface area contributed by atoms with Gasteiger partial charge < -0.3 is 70.2 Å². The maximum absolute atomic E-state index is 12.7. The number of nitrogens with zero attached hydrogens (tertiary/aromatic N) is 5. The first-order chi connectivity index (χ1) is 27.0. The van der Waals surface area contributed by atoms with Gasteiger partial charge in [0.15, 0.2) is 0 Å². The minimum atomic E-state index is -1.60. The normalized spacial score (nSPS) is 11.2. The Labute approximate surface area is 371 Å². The zero-order valence-electron chi connectivity index (χ0n) is 32.9. The number of carboxylic acids is 3. The topological polar surface area (TPSA) is 276 Å². The Bertz CT molecular complexity index is 1480. The first-order valence-corrected chi connectivity index (χ1v) is 18.6. The van der Waals surface area contributed by atoms with Gasteiger partial charge in [-0.05, 0) is 62.1 Å². The molecule has 0 heterocycles. The van der Waals surface area contributed by atoms with Gasteiger partial charge in [0.05, 0.1) is 31.0 Å². The Kier molecular flexibility index (Phi) is 26.6. The van der Waals surface area contributed by atoms with Crippen molar-refractivity contribution in [3.8, 4) is 0 Å². The maximum atomic E-state index is 12.7. The van der Waals surface area contributed by atoms with E-state index in [-0.39, 0.29) is 92.3 Å². The van der Waals surface area contributed by atoms with E-state index in [0.29, 0.717) is 49.9 Å². The molecule has 6 N–H and O–H groups in total. The van der Waals surface area contributed by atoms with Crippen molar-refractivity contribution in [3.05, 3.63) is 59.7 Å². The van der Waals surface area contributed by atoms with Crippen molar-refractivity contribution in [2.24, 2.45) is 0 Å². The molecule has 0 aliphatic carbocycles. The zero-order chi connectivity index (χ0) is 42.3. The molecule has 22 heteroatoms. The molecule has 2 rings (SSSR count). The van der Waals surface area contributed by atoms with Gasteiger partial charge in [-0.25, -0.2) is 0 Å². The Morgan fingerprint density at radius 2 is 0.862 bits per heavy atom. The number of aliphatic carboxylic acids is 3. The molecule has 2 aromatic rings. The summed E-state index contributed by atoms with van der Waals surface area (Å²) in [5.74, 6) is -5.28. The molecule has 0 fully saturated rings. The molecule has 319 valence electrons. The Morgan fingerprint density at radius 1 is 0.534 bits per heavy atom. The average Bonchev–Trinajstić information content (AvgIpc) is 3.12. The number of benzene rings is 2. The van der Waals surface area contributed by atoms with Crippen LogP contribution in [-0.4, -0.2) is 188 Å². The van der Waals surface area contributed by atoms with Crippen LogP contribution in [0.15, 0.2) is 48.5 Å². The predicted molar refractivity (Wildman–Crippen MR) is 205 cm³/mol. The minimum Gasteiger partial charge on any atom is -0.549 e. The van der Waals surface area contributed by atoms with Gasteiger partial charge in [-0.2, -0.15) is 0 Å². The second kappa shape index (κ2) is 29.2. The maximum Gasteiger partial charge on any atom is 3.00 e. The van der Waals surface area contributed by atoms with E-state index in [9.17, 15) is 59.4 Å². The fourth-order valence-corrected chi connectivity index (χ4v) is 6.08. The second-order valence-electron chi connectivity index (χ2n) is 13.8. The van der Waals surface area contributed by atoms with Gasteiger partial charge in [0, 0.05) is 72.0 Å². The molecule has 1 radical (unpaired) electrons. The van der Waals surface area contributed by atoms with E-state index >= 15 is 0 Å². The number of carbonyl (C=O) groups is 5. The van der Waals surface area contributed by atoms with Crippen LogP contribution in [0.5, 0.6) is 0 Å². The summed E-state index contributed by atoms with van der Waals surface area (Å²) in [5.41, 5.74) is 2.29. The fourth-order valence-electron chi connectivity index (χ4n) is 6.08. The van der Waals surface area contributed by atoms with Gasteiger partial charge in [0.1, 0.15) is 0 Å². The first kappa shape index (κ1) is 52.9. The molecule has 0 atom stereocenters. The third-order valence-electron chi connectivity index (χ3n) is 8.88. The van der Waals surface area contributed by atoms with Crippen molar-refractivity contribution < 1.29 is 99.3 Å². The van der Waals surface area contributed by atoms with Gasteiger partial charge >= 0.3 is 54.2 Å². The van der Waals surface area contributed by atoms with Crippen LogP contribution in [0.1, 0.15) is 24.0 Å². The van der Waals surface area contributed by atoms with Crippen molar-refractivity contribution in [2.75, 3.05) is 99.2 Å². The number of rotatable bonds is 30. The molecule has 0 aliphatic rings. The van der Waals surface area contributed by atoms with E-state index in [2.05, 4.69) is 10.6 Å². The summed E-state index contributed by atoms with van der Waals surface area (Å²) >= 11 is 0. The Morgan fingerprint density at radius 3 is 1.21 bits per heavy atom. The molecule has 2 aromatic carbocycles. The number of carbonyl (C=O) groups excluding carboxylic acids is 5. The monoisotopic (exact) mass is 956 g/mol. The van der Waals surface area contributed by atoms with E-state index in [1.54, 1.807) is 48.5 Å². The predicted octanol–water partition coefficient (Wildman–Crippen LogP) is -8.22. The molecule has 0 spiro atoms. The summed E-state index contributed by atoms with van der Waals surface area (Å²) in [7, 11) is 0.482. The van der Waals surface area contributed by atoms with E-state index < -0.39 is 63.6 Å². The average molecular weight is 956 g/mol. The summed E-state index contributed by atoms with van der Waals surface area (Å²) in [4.78, 5) is 67.6. The smallest absolute Gasteiger partial charge is 0.549 e. The number of hydrogen-bond donors (Lipinski definition) is 6. The molecular weight excluding hydrogens is 901 g/mol. The van der Waals surface area contributed by atoms with Gasteiger partial charge in [-0.3, -0.25) is 24.3 Å². The van der Waals surface area contributed by atoms with Crippen LogP contribution in [0.3, 0.4) is 0 Å². The zero-order valence-corrected chi connectivity index (χ0v) is 35.2. The molecule has 0 unspecified atom stereocenters. The molecule has 0 bridgehead atoms. The van der Waals surface area contributed by atoms with E-state index in [1.165, 1.54) is 14.7 Å². The molecular formula is C36H54B2GdN7O12. The quantitative estimate of drug-likeness (QED) is 0.0314. The molecule has 2 amide bonds. The van der Waals surface area contributed by atoms with Crippen LogP contribution in [0, 0.1) is 39.9 Å². The molecule has 58 heavy (non-hydrogen) atoms. The van der Waals surface area contributed by atoms with E-state index in [4.69, 9.17) is 0 Å². The summed E-state index contributed by atoms with van der Waals surface area (Å²) in [6, 6.07) is 13.8. The van der Waals surface area contributed by atoms with Gasteiger partial charge in [0.2, 0.25) is 11.8 Å². The third kappa shape index (κ3) is 22.9. The number of nitrogens with one attached hydrogen (secondary N) is 2. The van der Waals surface area contributed by atoms with Gasteiger partial charge in [0.25, 0.3) is 0 Å². The van der Waals surface area contributed by atoms with E-state index in [1.807, 2.05) is 23.9 Å². The summed E-state index contributed by atoms with van der Waals surface area (Å²) in [5, 5.41) is 78.2. The van der Waals surface area contributed by atoms with Crippen LogP contribution in [-0.2, 0) is 37.1 Å². The third-order valence-corrected chi connectivity index (χ3v) is 8.88. The molecule has 19 nitrogen and oxygen atoms in total. The van der Waals surface area contributed by atoms with Crippen LogP contribution >= 0.6 is 0 Å². The Hall–Kier alpha value is -3.12. The molecule has 0 aromatic heterocycles. The van der Waals surface area contributed by atoms with Crippen molar-refractivity contribution in [1.82, 2.24) is 35.1 Å². The molecule has 0 aliphatic heterocycles. The summed E-state index contributed by atoms with van der Waals surface area (Å²) in [6.07, 6.45) is 1.08. The fraction of sp³-hybridized carbons (Fsp3) is 0.528. The van der Waals surface area contributed by atoms with Gasteiger partial charge in [-0.15, -0.1) is 0 Å². The van der Waals surface area contributed by atoms with Crippen LogP contribution < -0.4 is 36.9 Å². The van der Waals surface area contributed by atoms with E-state index in [0.717, 1.165) is 11.1 Å². The number of amides is 2. The van der Waals surface area contributed by atoms with Crippen molar-refractivity contribution in [3.63, 3.8) is 0 Å². The molecule has 0 saturated carbocycles. The second-order valence-corrected chi connectivity index (χ2v) is 13.8. The largest absolute Gasteiger partial charge is 3.00 e. The van der Waals surface area contributed by atoms with Crippen LogP contribution in [0.4, 0.5) is 0 Å². The standard InChI is InChI=1S/C36H57B2N7O12.Gd/c1-41(21-28-9-3-5-11-30(28)37(54)55)15-7-13-39-32(46)23-44(26-35(50)51)19-17-43(25-34(48)49)18-20-45(27-36(52)53)24-33(47)40-14-8-16-42(2)22-29-10-4-6-12-31(29)38(56)57;/h3-6,9-12,54-57H,7-8,13-27H2,1-2H3,(H,39,46)(H,40,47)(H,48,49)(H,50,51)(H,52,53);/q;+3/p-3. The summed E-state index contributed by atoms with van der Waals surface area (Å²) in [6.45, 7) is -0.109. The van der Waals surface area contributed by atoms with Crippen molar-refractivity contribution >= 4 is 54.9 Å². The van der Waals surface area contributed by atoms with Crippen molar-refractivity contribution in [1.29, 1.82) is 0 Å². The van der Waals surface area contributed by atoms with Crippen LogP contribution in [0.2, 0.25) is 0 Å². The Balaban J connectivity index is 0.0000168.